The summed E-state index contributed by atoms with van der Waals surface area (Å²) in [4.78, 5) is 0. The van der Waals surface area contributed by atoms with Crippen LogP contribution < -0.4 is 5.32 Å². The van der Waals surface area contributed by atoms with E-state index in [1.54, 1.807) is 0 Å². The molecule has 0 aromatic heterocycles. The van der Waals surface area contributed by atoms with Crippen molar-refractivity contribution < 1.29 is 0 Å². The first-order chi connectivity index (χ1) is 3.91. The first kappa shape index (κ1) is 7.55. The normalized spacial score (nSPS) is 29.3. The van der Waals surface area contributed by atoms with Gasteiger partial charge < -0.3 is 5.32 Å². The molecule has 2 aliphatic rings. The van der Waals surface area contributed by atoms with Gasteiger partial charge in [0.25, 0.3) is 0 Å². The van der Waals surface area contributed by atoms with Crippen molar-refractivity contribution in [2.45, 2.75) is 25.7 Å². The maximum Gasteiger partial charge on any atom is -0.00436 e. The quantitative estimate of drug-likeness (QED) is 0.616. The second-order valence-corrected chi connectivity index (χ2v) is 3.25. The van der Waals surface area contributed by atoms with Crippen LogP contribution in [0.15, 0.2) is 0 Å². The highest BCUT2D eigenvalue weighted by atomic mass is 79.9. The van der Waals surface area contributed by atoms with Crippen molar-refractivity contribution in [2.24, 2.45) is 5.41 Å². The average molecular weight is 192 g/mol. The molecule has 1 saturated carbocycles. The molecule has 1 saturated heterocycles. The molecule has 1 aliphatic carbocycles. The molecule has 1 nitrogen and oxygen atoms in total. The van der Waals surface area contributed by atoms with Crippen LogP contribution in [-0.2, 0) is 0 Å². The Balaban J connectivity index is 0.000000405. The van der Waals surface area contributed by atoms with Crippen molar-refractivity contribution in [3.63, 3.8) is 0 Å². The number of hydrogen-bond acceptors (Lipinski definition) is 1. The minimum Gasteiger partial charge on any atom is -0.317 e. The van der Waals surface area contributed by atoms with E-state index in [2.05, 4.69) is 5.32 Å². The van der Waals surface area contributed by atoms with E-state index in [1.807, 2.05) is 0 Å². The van der Waals surface area contributed by atoms with Crippen LogP contribution in [-0.4, -0.2) is 13.1 Å². The lowest BCUT2D eigenvalue weighted by atomic mass is 9.95. The van der Waals surface area contributed by atoms with E-state index in [1.165, 1.54) is 38.8 Å². The van der Waals surface area contributed by atoms with Gasteiger partial charge in [-0.2, -0.15) is 0 Å². The topological polar surface area (TPSA) is 12.0 Å². The second-order valence-electron chi connectivity index (χ2n) is 3.25. The van der Waals surface area contributed by atoms with E-state index in [-0.39, 0.29) is 17.0 Å². The molecule has 2 rings (SSSR count). The summed E-state index contributed by atoms with van der Waals surface area (Å²) in [5.41, 5.74) is 0.866. The highest BCUT2D eigenvalue weighted by Gasteiger charge is 2.42. The Morgan fingerprint density at radius 3 is 1.78 bits per heavy atom. The van der Waals surface area contributed by atoms with Crippen LogP contribution in [0, 0.1) is 5.41 Å². The lowest BCUT2D eigenvalue weighted by molar-refractivity contribution is 0.353. The maximum atomic E-state index is 3.38. The molecule has 0 radical (unpaired) electrons. The van der Waals surface area contributed by atoms with Gasteiger partial charge in [0.15, 0.2) is 0 Å². The smallest absolute Gasteiger partial charge is 0.00436 e. The lowest BCUT2D eigenvalue weighted by Crippen LogP contribution is -2.28. The monoisotopic (exact) mass is 191 g/mol. The molecule has 0 amide bonds. The van der Waals surface area contributed by atoms with Crippen LogP contribution in [0.5, 0.6) is 0 Å². The Hall–Kier alpha value is 0.440. The van der Waals surface area contributed by atoms with Crippen molar-refractivity contribution >= 4 is 17.0 Å². The van der Waals surface area contributed by atoms with Crippen LogP contribution in [0.4, 0.5) is 0 Å². The third kappa shape index (κ3) is 1.47. The summed E-state index contributed by atoms with van der Waals surface area (Å²) in [7, 11) is 0. The molecule has 0 bridgehead atoms. The Kier molecular flexibility index (Phi) is 2.17. The molecule has 0 aromatic rings. The third-order valence-corrected chi connectivity index (χ3v) is 2.62. The Bertz CT molecular complexity index is 91.1. The molecule has 0 aromatic carbocycles. The number of piperidine rings is 1. The molecular formula is C7H14BrN. The summed E-state index contributed by atoms with van der Waals surface area (Å²) in [6, 6.07) is 0. The van der Waals surface area contributed by atoms with E-state index in [0.29, 0.717) is 0 Å². The van der Waals surface area contributed by atoms with E-state index < -0.39 is 0 Å². The van der Waals surface area contributed by atoms with Crippen molar-refractivity contribution in [1.82, 2.24) is 5.32 Å². The Morgan fingerprint density at radius 1 is 0.889 bits per heavy atom. The van der Waals surface area contributed by atoms with E-state index in [0.717, 1.165) is 5.41 Å². The molecule has 1 heterocycles. The summed E-state index contributed by atoms with van der Waals surface area (Å²) in [6.07, 6.45) is 5.95. The highest BCUT2D eigenvalue weighted by molar-refractivity contribution is 8.93. The fraction of sp³-hybridized carbons (Fsp3) is 1.00. The minimum absolute atomic E-state index is 0. The van der Waals surface area contributed by atoms with E-state index in [9.17, 15) is 0 Å². The van der Waals surface area contributed by atoms with Crippen LogP contribution in [0.3, 0.4) is 0 Å². The zero-order chi connectivity index (χ0) is 5.45. The second kappa shape index (κ2) is 2.59. The van der Waals surface area contributed by atoms with Crippen LogP contribution in [0.25, 0.3) is 0 Å². The fourth-order valence-electron chi connectivity index (χ4n) is 1.63. The number of rotatable bonds is 0. The van der Waals surface area contributed by atoms with Gasteiger partial charge in [0.05, 0.1) is 0 Å². The summed E-state index contributed by atoms with van der Waals surface area (Å²) >= 11 is 0. The van der Waals surface area contributed by atoms with Crippen LogP contribution in [0.2, 0.25) is 0 Å². The number of hydrogen-bond donors (Lipinski definition) is 1. The van der Waals surface area contributed by atoms with Gasteiger partial charge in [-0.1, -0.05) is 0 Å². The fourth-order valence-corrected chi connectivity index (χ4v) is 1.63. The van der Waals surface area contributed by atoms with E-state index in [4.69, 9.17) is 0 Å². The van der Waals surface area contributed by atoms with Gasteiger partial charge in [-0.05, 0) is 44.2 Å². The van der Waals surface area contributed by atoms with Gasteiger partial charge >= 0.3 is 0 Å². The SMILES string of the molecule is Br.C1CC2(CCN1)CC2. The van der Waals surface area contributed by atoms with Crippen molar-refractivity contribution in [3.8, 4) is 0 Å². The maximum absolute atomic E-state index is 3.38. The zero-order valence-corrected chi connectivity index (χ0v) is 7.36. The zero-order valence-electron chi connectivity index (χ0n) is 5.65. The molecule has 0 atom stereocenters. The van der Waals surface area contributed by atoms with E-state index >= 15 is 0 Å². The highest BCUT2D eigenvalue weighted by Crippen LogP contribution is 2.52. The van der Waals surface area contributed by atoms with Crippen molar-refractivity contribution in [2.75, 3.05) is 13.1 Å². The molecule has 9 heavy (non-hydrogen) atoms. The van der Waals surface area contributed by atoms with Crippen LogP contribution in [0.1, 0.15) is 25.7 Å². The summed E-state index contributed by atoms with van der Waals surface area (Å²) in [6.45, 7) is 2.56. The lowest BCUT2D eigenvalue weighted by Gasteiger charge is -2.20. The van der Waals surface area contributed by atoms with Gasteiger partial charge in [0.1, 0.15) is 0 Å². The Morgan fingerprint density at radius 2 is 1.44 bits per heavy atom. The van der Waals surface area contributed by atoms with Crippen LogP contribution >= 0.6 is 17.0 Å². The van der Waals surface area contributed by atoms with Gasteiger partial charge in [-0.25, -0.2) is 0 Å². The molecule has 1 aliphatic heterocycles. The van der Waals surface area contributed by atoms with Crippen molar-refractivity contribution in [1.29, 1.82) is 0 Å². The number of halogens is 1. The third-order valence-electron chi connectivity index (χ3n) is 2.62. The molecule has 1 spiro atoms. The van der Waals surface area contributed by atoms with Gasteiger partial charge in [0, 0.05) is 0 Å². The molecule has 2 fully saturated rings. The molecule has 1 N–H and O–H groups in total. The Labute approximate surface area is 67.0 Å². The number of nitrogens with one attached hydrogen (secondary N) is 1. The van der Waals surface area contributed by atoms with Crippen molar-refractivity contribution in [3.05, 3.63) is 0 Å². The molecular weight excluding hydrogens is 178 g/mol. The molecule has 54 valence electrons. The first-order valence-electron chi connectivity index (χ1n) is 3.62. The largest absolute Gasteiger partial charge is 0.317 e. The first-order valence-corrected chi connectivity index (χ1v) is 3.62. The predicted molar refractivity (Wildman–Crippen MR) is 44.1 cm³/mol. The summed E-state index contributed by atoms with van der Waals surface area (Å²) in [5, 5.41) is 3.38. The molecule has 2 heteroatoms. The summed E-state index contributed by atoms with van der Waals surface area (Å²) in [5.74, 6) is 0. The van der Waals surface area contributed by atoms with Gasteiger partial charge in [-0.15, -0.1) is 17.0 Å². The molecule has 0 unspecified atom stereocenters. The predicted octanol–water partition coefficient (Wildman–Crippen LogP) is 1.73. The van der Waals surface area contributed by atoms with Gasteiger partial charge in [0.2, 0.25) is 0 Å². The average Bonchev–Trinajstić information content (AvgIpc) is 2.52. The summed E-state index contributed by atoms with van der Waals surface area (Å²) < 4.78 is 0. The van der Waals surface area contributed by atoms with Gasteiger partial charge in [-0.3, -0.25) is 0 Å². The minimum atomic E-state index is 0. The standard InChI is InChI=1S/C7H13N.BrH/c1-2-7(1)3-5-8-6-4-7;/h8H,1-6H2;1H.